The Balaban J connectivity index is 1.76. The lowest BCUT2D eigenvalue weighted by Gasteiger charge is -2.23. The second-order valence-corrected chi connectivity index (χ2v) is 7.07. The number of carbonyl (C=O) groups excluding carboxylic acids is 2. The Morgan fingerprint density at radius 1 is 1.15 bits per heavy atom. The highest BCUT2D eigenvalue weighted by atomic mass is 32.1. The lowest BCUT2D eigenvalue weighted by Crippen LogP contribution is -2.34. The minimum absolute atomic E-state index is 0.0418. The van der Waals surface area contributed by atoms with E-state index < -0.39 is 0 Å². The molecule has 2 N–H and O–H groups in total. The Morgan fingerprint density at radius 3 is 2.54 bits per heavy atom. The maximum Gasteiger partial charge on any atom is 0.222 e. The normalized spacial score (nSPS) is 11.6. The van der Waals surface area contributed by atoms with Crippen LogP contribution in [-0.2, 0) is 9.59 Å². The molecule has 1 aromatic carbocycles. The molecule has 0 aliphatic carbocycles. The van der Waals surface area contributed by atoms with E-state index in [1.54, 1.807) is 11.3 Å². The zero-order chi connectivity index (χ0) is 18.8. The van der Waals surface area contributed by atoms with Gasteiger partial charge in [0, 0.05) is 37.1 Å². The van der Waals surface area contributed by atoms with E-state index in [0.717, 1.165) is 24.4 Å². The molecule has 2 amide bonds. The van der Waals surface area contributed by atoms with Crippen molar-refractivity contribution in [2.24, 2.45) is 0 Å². The molecule has 0 aliphatic heterocycles. The predicted molar refractivity (Wildman–Crippen MR) is 107 cm³/mol. The van der Waals surface area contributed by atoms with Crippen LogP contribution in [0.4, 0.5) is 5.69 Å². The van der Waals surface area contributed by atoms with Gasteiger partial charge in [0.1, 0.15) is 0 Å². The third kappa shape index (κ3) is 6.52. The highest BCUT2D eigenvalue weighted by molar-refractivity contribution is 7.10. The molecule has 0 radical (unpaired) electrons. The van der Waals surface area contributed by atoms with Crippen LogP contribution >= 0.6 is 11.3 Å². The molecule has 1 unspecified atom stereocenters. The van der Waals surface area contributed by atoms with Crippen molar-refractivity contribution in [2.45, 2.75) is 32.7 Å². The first-order valence-electron chi connectivity index (χ1n) is 8.97. The average Bonchev–Trinajstić information content (AvgIpc) is 3.16. The van der Waals surface area contributed by atoms with Crippen molar-refractivity contribution in [3.05, 3.63) is 52.7 Å². The van der Waals surface area contributed by atoms with Crippen LogP contribution in [0.15, 0.2) is 47.8 Å². The Morgan fingerprint density at radius 2 is 1.92 bits per heavy atom. The number of anilines is 1. The quantitative estimate of drug-likeness (QED) is 0.628. The first-order valence-corrected chi connectivity index (χ1v) is 9.85. The standard InChI is InChI=1S/C20H27N3O2S/c1-3-23(17-9-5-4-6-10-17)13-8-12-21-20(25)15-18(22-16(2)24)19-11-7-14-26-19/h4-7,9-11,14,18H,3,8,12-13,15H2,1-2H3,(H,21,25)(H,22,24). The van der Waals surface area contributed by atoms with Gasteiger partial charge in [0.2, 0.25) is 11.8 Å². The summed E-state index contributed by atoms with van der Waals surface area (Å²) in [5.74, 6) is -0.169. The van der Waals surface area contributed by atoms with Crippen molar-refractivity contribution in [2.75, 3.05) is 24.5 Å². The van der Waals surface area contributed by atoms with Crippen LogP contribution in [0.3, 0.4) is 0 Å². The second-order valence-electron chi connectivity index (χ2n) is 6.09. The smallest absolute Gasteiger partial charge is 0.222 e. The molecule has 5 nitrogen and oxygen atoms in total. The van der Waals surface area contributed by atoms with E-state index in [9.17, 15) is 9.59 Å². The van der Waals surface area contributed by atoms with Crippen molar-refractivity contribution in [3.63, 3.8) is 0 Å². The van der Waals surface area contributed by atoms with Crippen molar-refractivity contribution in [3.8, 4) is 0 Å². The van der Waals surface area contributed by atoms with Crippen molar-refractivity contribution in [1.82, 2.24) is 10.6 Å². The van der Waals surface area contributed by atoms with E-state index in [4.69, 9.17) is 0 Å². The summed E-state index contributed by atoms with van der Waals surface area (Å²) in [6.07, 6.45) is 1.13. The first-order chi connectivity index (χ1) is 12.6. The molecule has 2 aromatic rings. The molecule has 0 saturated carbocycles. The van der Waals surface area contributed by atoms with Gasteiger partial charge < -0.3 is 15.5 Å². The maximum absolute atomic E-state index is 12.2. The lowest BCUT2D eigenvalue weighted by molar-refractivity contribution is -0.122. The Bertz CT molecular complexity index is 674. The van der Waals surface area contributed by atoms with E-state index >= 15 is 0 Å². The van der Waals surface area contributed by atoms with Gasteiger partial charge in [0.25, 0.3) is 0 Å². The number of amides is 2. The lowest BCUT2D eigenvalue weighted by atomic mass is 10.1. The monoisotopic (exact) mass is 373 g/mol. The van der Waals surface area contributed by atoms with Crippen LogP contribution in [0.1, 0.15) is 37.6 Å². The summed E-state index contributed by atoms with van der Waals surface area (Å²) in [5.41, 5.74) is 1.20. The molecule has 0 fully saturated rings. The number of thiophene rings is 1. The molecule has 26 heavy (non-hydrogen) atoms. The van der Waals surface area contributed by atoms with Crippen LogP contribution in [0.25, 0.3) is 0 Å². The fourth-order valence-electron chi connectivity index (χ4n) is 2.82. The number of benzene rings is 1. The van der Waals surface area contributed by atoms with E-state index in [1.165, 1.54) is 12.6 Å². The van der Waals surface area contributed by atoms with Gasteiger partial charge in [-0.15, -0.1) is 11.3 Å². The minimum atomic E-state index is -0.260. The molecule has 0 spiro atoms. The summed E-state index contributed by atoms with van der Waals surface area (Å²) < 4.78 is 0. The van der Waals surface area contributed by atoms with Gasteiger partial charge in [0.05, 0.1) is 12.5 Å². The summed E-state index contributed by atoms with van der Waals surface area (Å²) in [4.78, 5) is 26.9. The number of nitrogens with one attached hydrogen (secondary N) is 2. The fraction of sp³-hybridized carbons (Fsp3) is 0.400. The average molecular weight is 374 g/mol. The van der Waals surface area contributed by atoms with Gasteiger partial charge in [-0.3, -0.25) is 9.59 Å². The zero-order valence-electron chi connectivity index (χ0n) is 15.4. The molecule has 1 aromatic heterocycles. The van der Waals surface area contributed by atoms with Gasteiger partial charge in [0.15, 0.2) is 0 Å². The summed E-state index contributed by atoms with van der Waals surface area (Å²) in [6.45, 7) is 6.05. The molecule has 1 atom stereocenters. The maximum atomic E-state index is 12.2. The topological polar surface area (TPSA) is 61.4 Å². The SMILES string of the molecule is CCN(CCCNC(=O)CC(NC(C)=O)c1cccs1)c1ccccc1. The predicted octanol–water partition coefficient (Wildman–Crippen LogP) is 3.35. The van der Waals surface area contributed by atoms with Crippen LogP contribution in [-0.4, -0.2) is 31.4 Å². The molecule has 140 valence electrons. The fourth-order valence-corrected chi connectivity index (χ4v) is 3.60. The van der Waals surface area contributed by atoms with Crippen LogP contribution < -0.4 is 15.5 Å². The number of carbonyl (C=O) groups is 2. The Kier molecular flexibility index (Phi) is 8.15. The minimum Gasteiger partial charge on any atom is -0.372 e. The largest absolute Gasteiger partial charge is 0.372 e. The third-order valence-electron chi connectivity index (χ3n) is 4.08. The van der Waals surface area contributed by atoms with Crippen LogP contribution in [0.2, 0.25) is 0 Å². The van der Waals surface area contributed by atoms with Crippen molar-refractivity contribution < 1.29 is 9.59 Å². The Hall–Kier alpha value is -2.34. The van der Waals surface area contributed by atoms with Crippen molar-refractivity contribution in [1.29, 1.82) is 0 Å². The van der Waals surface area contributed by atoms with E-state index in [-0.39, 0.29) is 24.3 Å². The summed E-state index contributed by atoms with van der Waals surface area (Å²) in [6, 6.07) is 13.9. The molecule has 1 heterocycles. The molecular formula is C20H27N3O2S. The summed E-state index contributed by atoms with van der Waals surface area (Å²) in [7, 11) is 0. The molecule has 0 aliphatic rings. The second kappa shape index (κ2) is 10.6. The zero-order valence-corrected chi connectivity index (χ0v) is 16.2. The number of para-hydroxylation sites is 1. The van der Waals surface area contributed by atoms with Gasteiger partial charge in [-0.25, -0.2) is 0 Å². The highest BCUT2D eigenvalue weighted by Crippen LogP contribution is 2.22. The van der Waals surface area contributed by atoms with Crippen LogP contribution in [0, 0.1) is 0 Å². The number of nitrogens with zero attached hydrogens (tertiary/aromatic N) is 1. The van der Waals surface area contributed by atoms with Crippen molar-refractivity contribution >= 4 is 28.8 Å². The summed E-state index contributed by atoms with van der Waals surface area (Å²) >= 11 is 1.55. The Labute approximate surface area is 159 Å². The summed E-state index contributed by atoms with van der Waals surface area (Å²) in [5, 5.41) is 7.77. The number of hydrogen-bond acceptors (Lipinski definition) is 4. The third-order valence-corrected chi connectivity index (χ3v) is 5.07. The van der Waals surface area contributed by atoms with Crippen LogP contribution in [0.5, 0.6) is 0 Å². The van der Waals surface area contributed by atoms with E-state index in [1.807, 2.05) is 35.7 Å². The van der Waals surface area contributed by atoms with E-state index in [0.29, 0.717) is 6.54 Å². The van der Waals surface area contributed by atoms with E-state index in [2.05, 4.69) is 34.6 Å². The molecular weight excluding hydrogens is 346 g/mol. The number of hydrogen-bond donors (Lipinski definition) is 2. The molecule has 0 bridgehead atoms. The molecule has 0 saturated heterocycles. The first kappa shape index (κ1) is 20.0. The van der Waals surface area contributed by atoms with Gasteiger partial charge in [-0.05, 0) is 36.9 Å². The van der Waals surface area contributed by atoms with Gasteiger partial charge in [-0.1, -0.05) is 24.3 Å². The molecule has 2 rings (SSSR count). The molecule has 6 heteroatoms. The number of rotatable bonds is 10. The van der Waals surface area contributed by atoms with Gasteiger partial charge >= 0.3 is 0 Å². The van der Waals surface area contributed by atoms with Gasteiger partial charge in [-0.2, -0.15) is 0 Å². The highest BCUT2D eigenvalue weighted by Gasteiger charge is 2.17.